The minimum Gasteiger partial charge on any atom is -0.394 e. The van der Waals surface area contributed by atoms with E-state index in [2.05, 4.69) is 15.5 Å². The Morgan fingerprint density at radius 1 is 1.44 bits per heavy atom. The first-order valence-electron chi connectivity index (χ1n) is 5.86. The molecule has 18 heavy (non-hydrogen) atoms. The Labute approximate surface area is 107 Å². The second kappa shape index (κ2) is 5.77. The molecule has 1 amide bonds. The number of amides is 1. The number of hydrogen-bond acceptors (Lipinski definition) is 5. The predicted molar refractivity (Wildman–Crippen MR) is 69.5 cm³/mol. The lowest BCUT2D eigenvalue weighted by atomic mass is 10.0. The topological polar surface area (TPSA) is 78.4 Å². The van der Waals surface area contributed by atoms with Crippen LogP contribution in [-0.4, -0.2) is 52.4 Å². The summed E-state index contributed by atoms with van der Waals surface area (Å²) in [4.78, 5) is 13.1. The number of hydrogen-bond donors (Lipinski definition) is 2. The predicted octanol–water partition coefficient (Wildman–Crippen LogP) is 0.751. The van der Waals surface area contributed by atoms with Crippen LogP contribution >= 0.6 is 0 Å². The smallest absolute Gasteiger partial charge is 0.273 e. The number of aliphatic hydroxyl groups excluding tert-OH is 1. The fraction of sp³-hybridized carbons (Fsp3) is 0.583. The van der Waals surface area contributed by atoms with Crippen LogP contribution in [0.4, 0.5) is 5.82 Å². The van der Waals surface area contributed by atoms with Gasteiger partial charge in [-0.1, -0.05) is 6.92 Å². The molecule has 6 nitrogen and oxygen atoms in total. The van der Waals surface area contributed by atoms with Crippen LogP contribution in [0.5, 0.6) is 0 Å². The SMILES string of the molecule is CCC(C)(CO)Nc1ccc(C(=O)N(C)C)nn1. The van der Waals surface area contributed by atoms with Crippen molar-refractivity contribution < 1.29 is 9.90 Å². The van der Waals surface area contributed by atoms with E-state index in [4.69, 9.17) is 0 Å². The van der Waals surface area contributed by atoms with E-state index in [9.17, 15) is 9.90 Å². The van der Waals surface area contributed by atoms with Gasteiger partial charge in [-0.05, 0) is 25.5 Å². The molecule has 1 aromatic rings. The van der Waals surface area contributed by atoms with Gasteiger partial charge in [-0.25, -0.2) is 0 Å². The summed E-state index contributed by atoms with van der Waals surface area (Å²) in [5.74, 6) is 0.359. The molecular formula is C12H20N4O2. The summed E-state index contributed by atoms with van der Waals surface area (Å²) in [5, 5.41) is 20.2. The van der Waals surface area contributed by atoms with Gasteiger partial charge in [-0.2, -0.15) is 0 Å². The molecule has 1 rings (SSSR count). The summed E-state index contributed by atoms with van der Waals surface area (Å²) in [6.07, 6.45) is 0.754. The second-order valence-corrected chi connectivity index (χ2v) is 4.70. The molecule has 1 aromatic heterocycles. The fourth-order valence-electron chi connectivity index (χ4n) is 1.29. The Kier molecular flexibility index (Phi) is 4.61. The molecule has 0 aliphatic heterocycles. The van der Waals surface area contributed by atoms with E-state index in [0.717, 1.165) is 6.42 Å². The molecule has 0 bridgehead atoms. The van der Waals surface area contributed by atoms with E-state index < -0.39 is 5.54 Å². The van der Waals surface area contributed by atoms with Crippen molar-refractivity contribution in [2.75, 3.05) is 26.0 Å². The highest BCUT2D eigenvalue weighted by molar-refractivity contribution is 5.91. The molecule has 1 atom stereocenters. The van der Waals surface area contributed by atoms with Crippen LogP contribution in [0.2, 0.25) is 0 Å². The van der Waals surface area contributed by atoms with E-state index in [1.54, 1.807) is 26.2 Å². The zero-order valence-electron chi connectivity index (χ0n) is 11.3. The molecule has 0 fully saturated rings. The van der Waals surface area contributed by atoms with Crippen LogP contribution in [0.1, 0.15) is 30.8 Å². The van der Waals surface area contributed by atoms with Crippen molar-refractivity contribution in [3.63, 3.8) is 0 Å². The lowest BCUT2D eigenvalue weighted by Gasteiger charge is -2.27. The average Bonchev–Trinajstić information content (AvgIpc) is 2.38. The highest BCUT2D eigenvalue weighted by atomic mass is 16.3. The van der Waals surface area contributed by atoms with Crippen molar-refractivity contribution in [1.29, 1.82) is 0 Å². The van der Waals surface area contributed by atoms with Gasteiger partial charge < -0.3 is 15.3 Å². The number of nitrogens with one attached hydrogen (secondary N) is 1. The van der Waals surface area contributed by atoms with Crippen molar-refractivity contribution in [3.8, 4) is 0 Å². The van der Waals surface area contributed by atoms with Crippen LogP contribution in [-0.2, 0) is 0 Å². The summed E-state index contributed by atoms with van der Waals surface area (Å²) in [6, 6.07) is 3.30. The minimum absolute atomic E-state index is 0.00353. The van der Waals surface area contributed by atoms with Crippen LogP contribution in [0.25, 0.3) is 0 Å². The molecule has 1 heterocycles. The third-order valence-corrected chi connectivity index (χ3v) is 2.85. The molecule has 100 valence electrons. The number of aromatic nitrogens is 2. The van der Waals surface area contributed by atoms with Gasteiger partial charge in [-0.15, -0.1) is 10.2 Å². The lowest BCUT2D eigenvalue weighted by Crippen LogP contribution is -2.38. The van der Waals surface area contributed by atoms with E-state index in [0.29, 0.717) is 11.5 Å². The third-order valence-electron chi connectivity index (χ3n) is 2.85. The quantitative estimate of drug-likeness (QED) is 0.808. The number of anilines is 1. The van der Waals surface area contributed by atoms with Crippen molar-refractivity contribution in [2.45, 2.75) is 25.8 Å². The average molecular weight is 252 g/mol. The molecule has 0 spiro atoms. The summed E-state index contributed by atoms with van der Waals surface area (Å²) < 4.78 is 0. The summed E-state index contributed by atoms with van der Waals surface area (Å²) in [5.41, 5.74) is -0.130. The van der Waals surface area contributed by atoms with Gasteiger partial charge in [-0.3, -0.25) is 4.79 Å². The van der Waals surface area contributed by atoms with Gasteiger partial charge in [0.1, 0.15) is 5.82 Å². The van der Waals surface area contributed by atoms with Gasteiger partial charge in [0.05, 0.1) is 12.1 Å². The van der Waals surface area contributed by atoms with E-state index in [-0.39, 0.29) is 12.5 Å². The molecule has 0 aliphatic carbocycles. The number of nitrogens with zero attached hydrogens (tertiary/aromatic N) is 3. The largest absolute Gasteiger partial charge is 0.394 e. The van der Waals surface area contributed by atoms with Crippen molar-refractivity contribution >= 4 is 11.7 Å². The van der Waals surface area contributed by atoms with E-state index in [1.807, 2.05) is 13.8 Å². The molecule has 1 unspecified atom stereocenters. The maximum absolute atomic E-state index is 11.6. The first-order valence-corrected chi connectivity index (χ1v) is 5.86. The van der Waals surface area contributed by atoms with Gasteiger partial charge in [0, 0.05) is 14.1 Å². The highest BCUT2D eigenvalue weighted by Crippen LogP contribution is 2.15. The summed E-state index contributed by atoms with van der Waals surface area (Å²) in [7, 11) is 3.33. The summed E-state index contributed by atoms with van der Waals surface area (Å²) >= 11 is 0. The molecule has 0 saturated heterocycles. The molecule has 0 saturated carbocycles. The summed E-state index contributed by atoms with van der Waals surface area (Å²) in [6.45, 7) is 3.87. The van der Waals surface area contributed by atoms with E-state index in [1.165, 1.54) is 4.90 Å². The zero-order chi connectivity index (χ0) is 13.8. The van der Waals surface area contributed by atoms with Crippen molar-refractivity contribution in [2.24, 2.45) is 0 Å². The zero-order valence-corrected chi connectivity index (χ0v) is 11.3. The van der Waals surface area contributed by atoms with Gasteiger partial charge in [0.15, 0.2) is 5.69 Å². The highest BCUT2D eigenvalue weighted by Gasteiger charge is 2.21. The number of carbonyl (C=O) groups is 1. The minimum atomic E-state index is -0.429. The Morgan fingerprint density at radius 2 is 2.11 bits per heavy atom. The van der Waals surface area contributed by atoms with Crippen molar-refractivity contribution in [1.82, 2.24) is 15.1 Å². The Bertz CT molecular complexity index is 399. The molecule has 0 aliphatic rings. The standard InChI is InChI=1S/C12H20N4O2/c1-5-12(2,8-17)13-10-7-6-9(14-15-10)11(18)16(3)4/h6-7,17H,5,8H2,1-4H3,(H,13,15). The molecule has 0 radical (unpaired) electrons. The van der Waals surface area contributed by atoms with Crippen LogP contribution in [0, 0.1) is 0 Å². The van der Waals surface area contributed by atoms with Crippen LogP contribution in [0.3, 0.4) is 0 Å². The number of aliphatic hydroxyl groups is 1. The Balaban J connectivity index is 2.81. The maximum Gasteiger partial charge on any atom is 0.273 e. The van der Waals surface area contributed by atoms with Crippen LogP contribution in [0.15, 0.2) is 12.1 Å². The normalized spacial score (nSPS) is 13.8. The first kappa shape index (κ1) is 14.4. The van der Waals surface area contributed by atoms with Gasteiger partial charge >= 0.3 is 0 Å². The molecule has 6 heteroatoms. The lowest BCUT2D eigenvalue weighted by molar-refractivity contribution is 0.0821. The van der Waals surface area contributed by atoms with Gasteiger partial charge in [0.2, 0.25) is 0 Å². The van der Waals surface area contributed by atoms with E-state index >= 15 is 0 Å². The Hall–Kier alpha value is -1.69. The number of rotatable bonds is 5. The fourth-order valence-corrected chi connectivity index (χ4v) is 1.29. The first-order chi connectivity index (χ1) is 8.41. The maximum atomic E-state index is 11.6. The third kappa shape index (κ3) is 3.40. The Morgan fingerprint density at radius 3 is 2.50 bits per heavy atom. The second-order valence-electron chi connectivity index (χ2n) is 4.70. The van der Waals surface area contributed by atoms with Gasteiger partial charge in [0.25, 0.3) is 5.91 Å². The molecule has 0 aromatic carbocycles. The monoisotopic (exact) mass is 252 g/mol. The number of carbonyl (C=O) groups excluding carboxylic acids is 1. The van der Waals surface area contributed by atoms with Crippen LogP contribution < -0.4 is 5.32 Å². The molecular weight excluding hydrogens is 232 g/mol. The molecule has 2 N–H and O–H groups in total. The van der Waals surface area contributed by atoms with Crippen molar-refractivity contribution in [3.05, 3.63) is 17.8 Å².